The molecule has 0 fully saturated rings. The van der Waals surface area contributed by atoms with Gasteiger partial charge in [-0.2, -0.15) is 0 Å². The highest BCUT2D eigenvalue weighted by molar-refractivity contribution is 5.98. The van der Waals surface area contributed by atoms with E-state index in [9.17, 15) is 9.18 Å². The third kappa shape index (κ3) is 1.54. The maximum absolute atomic E-state index is 13.5. The molecule has 1 aliphatic rings. The SMILES string of the molecule is CN1C(=O)C(C)(C)COc2c(F)cccc21. The quantitative estimate of drug-likeness (QED) is 0.674. The molecule has 0 spiro atoms. The fraction of sp³-hybridized carbons (Fsp3) is 0.417. The van der Waals surface area contributed by atoms with Gasteiger partial charge in [0.1, 0.15) is 6.61 Å². The summed E-state index contributed by atoms with van der Waals surface area (Å²) in [6, 6.07) is 4.58. The van der Waals surface area contributed by atoms with Gasteiger partial charge in [0.2, 0.25) is 5.91 Å². The molecule has 0 atom stereocenters. The van der Waals surface area contributed by atoms with Gasteiger partial charge in [0.05, 0.1) is 11.1 Å². The van der Waals surface area contributed by atoms with Gasteiger partial charge in [-0.05, 0) is 26.0 Å². The van der Waals surface area contributed by atoms with Crippen LogP contribution in [0.4, 0.5) is 10.1 Å². The number of fused-ring (bicyclic) bond motifs is 1. The van der Waals surface area contributed by atoms with E-state index >= 15 is 0 Å². The van der Waals surface area contributed by atoms with Crippen molar-refractivity contribution in [1.29, 1.82) is 0 Å². The van der Waals surface area contributed by atoms with Gasteiger partial charge in [0.25, 0.3) is 0 Å². The second-order valence-corrected chi connectivity index (χ2v) is 4.62. The normalized spacial score (nSPS) is 18.8. The Morgan fingerprint density at radius 3 is 2.81 bits per heavy atom. The van der Waals surface area contributed by atoms with E-state index in [0.717, 1.165) is 0 Å². The van der Waals surface area contributed by atoms with Gasteiger partial charge in [-0.25, -0.2) is 4.39 Å². The van der Waals surface area contributed by atoms with Crippen LogP contribution in [0, 0.1) is 11.2 Å². The van der Waals surface area contributed by atoms with Crippen LogP contribution in [0.1, 0.15) is 13.8 Å². The van der Waals surface area contributed by atoms with Gasteiger partial charge in [0, 0.05) is 7.05 Å². The standard InChI is InChI=1S/C12H14FNO2/c1-12(2)7-16-10-8(13)5-4-6-9(10)14(3)11(12)15/h4-6H,7H2,1-3H3. The summed E-state index contributed by atoms with van der Waals surface area (Å²) in [5, 5.41) is 0. The highest BCUT2D eigenvalue weighted by Crippen LogP contribution is 2.36. The highest BCUT2D eigenvalue weighted by Gasteiger charge is 2.36. The molecule has 2 rings (SSSR count). The molecule has 0 saturated heterocycles. The highest BCUT2D eigenvalue weighted by atomic mass is 19.1. The Kier molecular flexibility index (Phi) is 2.37. The number of halogens is 1. The first-order valence-electron chi connectivity index (χ1n) is 5.13. The number of rotatable bonds is 0. The van der Waals surface area contributed by atoms with E-state index < -0.39 is 11.2 Å². The van der Waals surface area contributed by atoms with Crippen molar-refractivity contribution in [2.75, 3.05) is 18.6 Å². The lowest BCUT2D eigenvalue weighted by atomic mass is 9.93. The molecule has 4 heteroatoms. The van der Waals surface area contributed by atoms with E-state index in [-0.39, 0.29) is 18.3 Å². The van der Waals surface area contributed by atoms with Crippen molar-refractivity contribution in [2.45, 2.75) is 13.8 Å². The lowest BCUT2D eigenvalue weighted by Gasteiger charge is -2.24. The molecule has 0 aromatic heterocycles. The third-order valence-corrected chi connectivity index (χ3v) is 2.77. The van der Waals surface area contributed by atoms with Gasteiger partial charge in [-0.1, -0.05) is 6.07 Å². The Morgan fingerprint density at radius 1 is 1.44 bits per heavy atom. The molecule has 0 N–H and O–H groups in total. The molecule has 3 nitrogen and oxygen atoms in total. The van der Waals surface area contributed by atoms with Crippen LogP contribution in [0.25, 0.3) is 0 Å². The Morgan fingerprint density at radius 2 is 2.12 bits per heavy atom. The molecule has 1 heterocycles. The minimum absolute atomic E-state index is 0.0724. The molecule has 1 aromatic rings. The zero-order valence-electron chi connectivity index (χ0n) is 9.58. The molecule has 0 unspecified atom stereocenters. The van der Waals surface area contributed by atoms with Crippen LogP contribution in [-0.4, -0.2) is 19.6 Å². The Bertz CT molecular complexity index is 443. The number of hydrogen-bond donors (Lipinski definition) is 0. The number of ether oxygens (including phenoxy) is 1. The maximum Gasteiger partial charge on any atom is 0.235 e. The number of hydrogen-bond acceptors (Lipinski definition) is 2. The number of carbonyl (C=O) groups is 1. The van der Waals surface area contributed by atoms with Gasteiger partial charge >= 0.3 is 0 Å². The minimum atomic E-state index is -0.639. The van der Waals surface area contributed by atoms with E-state index in [2.05, 4.69) is 0 Å². The van der Waals surface area contributed by atoms with Crippen LogP contribution in [-0.2, 0) is 4.79 Å². The summed E-state index contributed by atoms with van der Waals surface area (Å²) in [5.74, 6) is -0.351. The molecule has 0 bridgehead atoms. The van der Waals surface area contributed by atoms with Crippen LogP contribution >= 0.6 is 0 Å². The number of anilines is 1. The van der Waals surface area contributed by atoms with Gasteiger partial charge in [-0.3, -0.25) is 4.79 Å². The Labute approximate surface area is 93.8 Å². The molecule has 0 aliphatic carbocycles. The fourth-order valence-corrected chi connectivity index (χ4v) is 1.78. The van der Waals surface area contributed by atoms with Crippen molar-refractivity contribution < 1.29 is 13.9 Å². The van der Waals surface area contributed by atoms with Crippen molar-refractivity contribution in [3.8, 4) is 5.75 Å². The first-order valence-corrected chi connectivity index (χ1v) is 5.13. The average Bonchev–Trinajstić information content (AvgIpc) is 2.32. The Balaban J connectivity index is 2.55. The number of amides is 1. The molecule has 0 radical (unpaired) electrons. The van der Waals surface area contributed by atoms with Crippen molar-refractivity contribution in [2.24, 2.45) is 5.41 Å². The molecule has 1 amide bonds. The zero-order valence-corrected chi connectivity index (χ0v) is 9.58. The van der Waals surface area contributed by atoms with E-state index in [1.54, 1.807) is 33.0 Å². The number of benzene rings is 1. The predicted molar refractivity (Wildman–Crippen MR) is 59.1 cm³/mol. The topological polar surface area (TPSA) is 29.5 Å². The van der Waals surface area contributed by atoms with Crippen LogP contribution in [0.2, 0.25) is 0 Å². The van der Waals surface area contributed by atoms with Crippen molar-refractivity contribution in [3.63, 3.8) is 0 Å². The van der Waals surface area contributed by atoms with Crippen molar-refractivity contribution >= 4 is 11.6 Å². The first-order chi connectivity index (χ1) is 7.43. The smallest absolute Gasteiger partial charge is 0.235 e. The fourth-order valence-electron chi connectivity index (χ4n) is 1.78. The van der Waals surface area contributed by atoms with Crippen LogP contribution in [0.15, 0.2) is 18.2 Å². The molecule has 0 saturated carbocycles. The number of para-hydroxylation sites is 1. The second-order valence-electron chi connectivity index (χ2n) is 4.62. The van der Waals surface area contributed by atoms with E-state index in [4.69, 9.17) is 4.74 Å². The van der Waals surface area contributed by atoms with Crippen molar-refractivity contribution in [3.05, 3.63) is 24.0 Å². The largest absolute Gasteiger partial charge is 0.487 e. The van der Waals surface area contributed by atoms with E-state index in [1.807, 2.05) is 0 Å². The zero-order chi connectivity index (χ0) is 11.9. The average molecular weight is 223 g/mol. The van der Waals surface area contributed by atoms with Crippen LogP contribution < -0.4 is 9.64 Å². The van der Waals surface area contributed by atoms with Crippen molar-refractivity contribution in [1.82, 2.24) is 0 Å². The first kappa shape index (κ1) is 10.9. The lowest BCUT2D eigenvalue weighted by molar-refractivity contribution is -0.127. The summed E-state index contributed by atoms with van der Waals surface area (Å²) < 4.78 is 18.9. The van der Waals surface area contributed by atoms with E-state index in [1.165, 1.54) is 11.0 Å². The molecule has 86 valence electrons. The summed E-state index contributed by atoms with van der Waals surface area (Å²) in [6.07, 6.45) is 0. The summed E-state index contributed by atoms with van der Waals surface area (Å²) in [7, 11) is 1.64. The summed E-state index contributed by atoms with van der Waals surface area (Å²) in [6.45, 7) is 3.76. The minimum Gasteiger partial charge on any atom is -0.487 e. The molecular weight excluding hydrogens is 209 g/mol. The summed E-state index contributed by atoms with van der Waals surface area (Å²) in [4.78, 5) is 13.5. The maximum atomic E-state index is 13.5. The summed E-state index contributed by atoms with van der Waals surface area (Å²) >= 11 is 0. The third-order valence-electron chi connectivity index (χ3n) is 2.77. The second kappa shape index (κ2) is 3.47. The van der Waals surface area contributed by atoms with Gasteiger partial charge < -0.3 is 9.64 Å². The predicted octanol–water partition coefficient (Wildman–Crippen LogP) is 2.21. The lowest BCUT2D eigenvalue weighted by Crippen LogP contribution is -2.39. The van der Waals surface area contributed by atoms with Gasteiger partial charge in [0.15, 0.2) is 11.6 Å². The molecule has 16 heavy (non-hydrogen) atoms. The molecule has 1 aliphatic heterocycles. The van der Waals surface area contributed by atoms with Crippen LogP contribution in [0.3, 0.4) is 0 Å². The monoisotopic (exact) mass is 223 g/mol. The number of carbonyl (C=O) groups excluding carboxylic acids is 1. The van der Waals surface area contributed by atoms with Crippen LogP contribution in [0.5, 0.6) is 5.75 Å². The molecular formula is C12H14FNO2. The number of nitrogens with zero attached hydrogens (tertiary/aromatic N) is 1. The van der Waals surface area contributed by atoms with Gasteiger partial charge in [-0.15, -0.1) is 0 Å². The van der Waals surface area contributed by atoms with E-state index in [0.29, 0.717) is 5.69 Å². The summed E-state index contributed by atoms with van der Waals surface area (Å²) in [5.41, 5.74) is -0.157. The Hall–Kier alpha value is -1.58. The molecule has 1 aromatic carbocycles.